The third-order valence-corrected chi connectivity index (χ3v) is 8.67. The Morgan fingerprint density at radius 3 is 2.66 bits per heavy atom. The van der Waals surface area contributed by atoms with E-state index in [0.29, 0.717) is 57.1 Å². The van der Waals surface area contributed by atoms with Crippen LogP contribution in [-0.2, 0) is 21.3 Å². The predicted octanol–water partition coefficient (Wildman–Crippen LogP) is 1.02. The summed E-state index contributed by atoms with van der Waals surface area (Å²) in [7, 11) is 0. The van der Waals surface area contributed by atoms with Crippen molar-refractivity contribution < 1.29 is 29.5 Å². The quantitative estimate of drug-likeness (QED) is 0.681. The Morgan fingerprint density at radius 2 is 1.90 bits per heavy atom. The summed E-state index contributed by atoms with van der Waals surface area (Å²) in [6.45, 7) is 1.72. The van der Waals surface area contributed by atoms with E-state index in [2.05, 4.69) is 4.90 Å². The Bertz CT molecular complexity index is 896. The van der Waals surface area contributed by atoms with Crippen LogP contribution < -0.4 is 4.74 Å². The molecule has 0 radical (unpaired) electrons. The van der Waals surface area contributed by atoms with Crippen LogP contribution in [0.3, 0.4) is 0 Å². The minimum atomic E-state index is -1.06. The zero-order valence-corrected chi connectivity index (χ0v) is 16.3. The van der Waals surface area contributed by atoms with Crippen LogP contribution in [0.25, 0.3) is 0 Å². The maximum Gasteiger partial charge on any atom is 0.207 e. The number of aromatic hydroxyl groups is 1. The lowest BCUT2D eigenvalue weighted by molar-refractivity contribution is -0.303. The number of benzene rings is 1. The van der Waals surface area contributed by atoms with E-state index < -0.39 is 29.1 Å². The largest absolute Gasteiger partial charge is 0.504 e. The van der Waals surface area contributed by atoms with Crippen molar-refractivity contribution in [2.24, 2.45) is 5.92 Å². The van der Waals surface area contributed by atoms with Crippen molar-refractivity contribution in [3.05, 3.63) is 23.3 Å². The molecular formula is C22H27NO6. The molecule has 2 bridgehead atoms. The third kappa shape index (κ3) is 1.84. The monoisotopic (exact) mass is 401 g/mol. The molecule has 3 aliphatic heterocycles. The Kier molecular flexibility index (Phi) is 3.14. The first-order valence-electron chi connectivity index (χ1n) is 11.0. The number of ether oxygens (including phenoxy) is 3. The van der Waals surface area contributed by atoms with E-state index in [1.165, 1.54) is 0 Å². The molecule has 0 aromatic heterocycles. The fraction of sp³-hybridized carbons (Fsp3) is 0.727. The summed E-state index contributed by atoms with van der Waals surface area (Å²) in [5.74, 6) is 0.0352. The fourth-order valence-corrected chi connectivity index (χ4v) is 7.28. The molecule has 0 amide bonds. The second-order valence-electron chi connectivity index (χ2n) is 9.81. The molecule has 7 heteroatoms. The van der Waals surface area contributed by atoms with Gasteiger partial charge in [0.05, 0.1) is 24.2 Å². The van der Waals surface area contributed by atoms with Gasteiger partial charge in [0, 0.05) is 24.6 Å². The SMILES string of the molecule is Oc1ccc2c3c1O[C@H]1C4(CC[C@@]5(O)[C@@H](C2)N(C(O)C2CC2)CC[C@]315)OCCO4. The number of phenolic OH excluding ortho intramolecular Hbond substituents is 1. The van der Waals surface area contributed by atoms with E-state index in [1.54, 1.807) is 6.07 Å². The van der Waals surface area contributed by atoms with Crippen LogP contribution in [-0.4, -0.2) is 69.7 Å². The van der Waals surface area contributed by atoms with Crippen LogP contribution in [0.5, 0.6) is 11.5 Å². The number of hydrogen-bond acceptors (Lipinski definition) is 7. The molecular weight excluding hydrogens is 374 g/mol. The lowest BCUT2D eigenvalue weighted by Gasteiger charge is -2.65. The lowest BCUT2D eigenvalue weighted by Crippen LogP contribution is -2.80. The van der Waals surface area contributed by atoms with Gasteiger partial charge in [-0.15, -0.1) is 0 Å². The van der Waals surface area contributed by atoms with Crippen LogP contribution >= 0.6 is 0 Å². The first kappa shape index (κ1) is 17.3. The number of aliphatic hydroxyl groups excluding tert-OH is 1. The van der Waals surface area contributed by atoms with E-state index in [9.17, 15) is 15.3 Å². The highest BCUT2D eigenvalue weighted by Crippen LogP contribution is 2.68. The number of nitrogens with zero attached hydrogens (tertiary/aromatic N) is 1. The summed E-state index contributed by atoms with van der Waals surface area (Å²) >= 11 is 0. The minimum absolute atomic E-state index is 0.113. The highest BCUT2D eigenvalue weighted by Gasteiger charge is 2.77. The number of phenols is 1. The summed E-state index contributed by atoms with van der Waals surface area (Å²) < 4.78 is 18.7. The molecule has 3 aliphatic carbocycles. The molecule has 29 heavy (non-hydrogen) atoms. The smallest absolute Gasteiger partial charge is 0.207 e. The average molecular weight is 401 g/mol. The van der Waals surface area contributed by atoms with Gasteiger partial charge >= 0.3 is 0 Å². The number of fused-ring (bicyclic) bond motifs is 1. The van der Waals surface area contributed by atoms with Gasteiger partial charge in [-0.25, -0.2) is 0 Å². The molecule has 6 aliphatic rings. The van der Waals surface area contributed by atoms with Crippen LogP contribution in [0.1, 0.15) is 43.2 Å². The molecule has 156 valence electrons. The molecule has 1 unspecified atom stereocenters. The van der Waals surface area contributed by atoms with Crippen LogP contribution in [0, 0.1) is 5.92 Å². The van der Waals surface area contributed by atoms with Gasteiger partial charge < -0.3 is 29.5 Å². The van der Waals surface area contributed by atoms with Crippen molar-refractivity contribution in [3.8, 4) is 11.5 Å². The fourth-order valence-electron chi connectivity index (χ4n) is 7.28. The van der Waals surface area contributed by atoms with Gasteiger partial charge in [0.25, 0.3) is 0 Å². The van der Waals surface area contributed by atoms with E-state index in [-0.39, 0.29) is 11.8 Å². The standard InChI is InChI=1S/C22H27NO6/c24-14-4-3-13-11-15-21(26)5-6-22(27-9-10-28-22)19-20(21,16(13)17(14)29-19)7-8-23(15)18(25)12-1-2-12/h3-4,12,15,18-19,24-26H,1-2,5-11H2/t15-,18?,19-,20+,21-/m1/s1. The lowest BCUT2D eigenvalue weighted by atomic mass is 9.48. The molecule has 7 rings (SSSR count). The zero-order chi connectivity index (χ0) is 19.6. The molecule has 5 atom stereocenters. The predicted molar refractivity (Wildman–Crippen MR) is 101 cm³/mol. The second-order valence-corrected chi connectivity index (χ2v) is 9.81. The van der Waals surface area contributed by atoms with Gasteiger partial charge in [0.2, 0.25) is 5.79 Å². The summed E-state index contributed by atoms with van der Waals surface area (Å²) in [6.07, 6.45) is 3.47. The van der Waals surface area contributed by atoms with Crippen LogP contribution in [0.2, 0.25) is 0 Å². The summed E-state index contributed by atoms with van der Waals surface area (Å²) in [6, 6.07) is 3.46. The number of piperidine rings is 1. The van der Waals surface area contributed by atoms with E-state index in [0.717, 1.165) is 24.0 Å². The average Bonchev–Trinajstić information content (AvgIpc) is 3.34. The number of hydrogen-bond donors (Lipinski definition) is 3. The molecule has 2 spiro atoms. The molecule has 2 saturated carbocycles. The van der Waals surface area contributed by atoms with Gasteiger partial charge in [-0.2, -0.15) is 0 Å². The minimum Gasteiger partial charge on any atom is -0.504 e. The first-order valence-corrected chi connectivity index (χ1v) is 11.0. The normalized spacial score (nSPS) is 42.6. The maximum atomic E-state index is 12.3. The maximum absolute atomic E-state index is 12.3. The third-order valence-electron chi connectivity index (χ3n) is 8.67. The van der Waals surface area contributed by atoms with Crippen molar-refractivity contribution in [2.75, 3.05) is 19.8 Å². The molecule has 1 aromatic rings. The summed E-state index contributed by atoms with van der Waals surface area (Å²) in [5, 5.41) is 33.9. The van der Waals surface area contributed by atoms with Crippen LogP contribution in [0.4, 0.5) is 0 Å². The molecule has 2 saturated heterocycles. The summed E-state index contributed by atoms with van der Waals surface area (Å²) in [4.78, 5) is 2.14. The van der Waals surface area contributed by atoms with Crippen LogP contribution in [0.15, 0.2) is 12.1 Å². The van der Waals surface area contributed by atoms with Gasteiger partial charge in [-0.3, -0.25) is 4.90 Å². The molecule has 7 nitrogen and oxygen atoms in total. The van der Waals surface area contributed by atoms with E-state index >= 15 is 0 Å². The Balaban J connectivity index is 1.45. The number of rotatable bonds is 2. The first-order chi connectivity index (χ1) is 14.0. The van der Waals surface area contributed by atoms with Crippen molar-refractivity contribution in [2.45, 2.75) is 73.7 Å². The second kappa shape index (κ2) is 5.26. The molecule has 3 heterocycles. The van der Waals surface area contributed by atoms with Gasteiger partial charge in [-0.05, 0) is 49.7 Å². The highest BCUT2D eigenvalue weighted by molar-refractivity contribution is 5.62. The number of likely N-dealkylation sites (tertiary alicyclic amines) is 1. The zero-order valence-electron chi connectivity index (χ0n) is 16.3. The Morgan fingerprint density at radius 1 is 1.10 bits per heavy atom. The Labute approximate surface area is 169 Å². The molecule has 1 aromatic carbocycles. The van der Waals surface area contributed by atoms with Crippen molar-refractivity contribution in [1.82, 2.24) is 4.90 Å². The van der Waals surface area contributed by atoms with Gasteiger partial charge in [0.1, 0.15) is 6.23 Å². The van der Waals surface area contributed by atoms with Crippen molar-refractivity contribution in [1.29, 1.82) is 0 Å². The summed E-state index contributed by atoms with van der Waals surface area (Å²) in [5.41, 5.74) is 0.290. The van der Waals surface area contributed by atoms with Crippen molar-refractivity contribution >= 4 is 0 Å². The Hall–Kier alpha value is -1.38. The topological polar surface area (TPSA) is 91.6 Å². The molecule has 3 N–H and O–H groups in total. The molecule has 4 fully saturated rings. The van der Waals surface area contributed by atoms with Gasteiger partial charge in [-0.1, -0.05) is 6.07 Å². The van der Waals surface area contributed by atoms with E-state index in [4.69, 9.17) is 14.2 Å². The van der Waals surface area contributed by atoms with Gasteiger partial charge in [0.15, 0.2) is 17.6 Å². The number of aliphatic hydroxyl groups is 2. The van der Waals surface area contributed by atoms with E-state index in [1.807, 2.05) is 6.07 Å². The van der Waals surface area contributed by atoms with Crippen molar-refractivity contribution in [3.63, 3.8) is 0 Å². The highest BCUT2D eigenvalue weighted by atomic mass is 16.8.